The van der Waals surface area contributed by atoms with E-state index in [-0.39, 0.29) is 18.2 Å². The molecule has 2 aromatic rings. The van der Waals surface area contributed by atoms with E-state index in [0.717, 1.165) is 5.56 Å². The van der Waals surface area contributed by atoms with Crippen LogP contribution in [0.2, 0.25) is 0 Å². The van der Waals surface area contributed by atoms with Crippen LogP contribution in [0.5, 0.6) is 5.75 Å². The second-order valence-electron chi connectivity index (χ2n) is 4.60. The first-order valence-corrected chi connectivity index (χ1v) is 6.63. The fourth-order valence-corrected chi connectivity index (χ4v) is 1.81. The number of aromatic hydroxyl groups is 1. The monoisotopic (exact) mass is 283 g/mol. The molecular weight excluding hydrogens is 266 g/mol. The quantitative estimate of drug-likeness (QED) is 0.737. The number of hydrogen-bond acceptors (Lipinski definition) is 3. The Morgan fingerprint density at radius 3 is 2.43 bits per heavy atom. The molecule has 0 aliphatic carbocycles. The van der Waals surface area contributed by atoms with Gasteiger partial charge in [-0.2, -0.15) is 0 Å². The van der Waals surface area contributed by atoms with Gasteiger partial charge in [-0.1, -0.05) is 42.5 Å². The Morgan fingerprint density at radius 1 is 1.10 bits per heavy atom. The van der Waals surface area contributed by atoms with Crippen molar-refractivity contribution >= 4 is 12.0 Å². The molecule has 2 aromatic carbocycles. The average Bonchev–Trinajstić information content (AvgIpc) is 2.52. The molecule has 0 aliphatic rings. The molecule has 3 N–H and O–H groups in total. The van der Waals surface area contributed by atoms with Gasteiger partial charge in [0.2, 0.25) is 5.91 Å². The van der Waals surface area contributed by atoms with Crippen LogP contribution in [0, 0.1) is 0 Å². The molecule has 1 unspecified atom stereocenters. The van der Waals surface area contributed by atoms with Crippen molar-refractivity contribution in [1.29, 1.82) is 0 Å². The third-order valence-electron chi connectivity index (χ3n) is 2.97. The van der Waals surface area contributed by atoms with E-state index in [9.17, 15) is 15.0 Å². The van der Waals surface area contributed by atoms with Crippen molar-refractivity contribution in [3.63, 3.8) is 0 Å². The van der Waals surface area contributed by atoms with E-state index >= 15 is 0 Å². The average molecular weight is 283 g/mol. The molecule has 0 heterocycles. The van der Waals surface area contributed by atoms with Crippen LogP contribution in [0.4, 0.5) is 0 Å². The van der Waals surface area contributed by atoms with Crippen LogP contribution in [0.1, 0.15) is 17.2 Å². The molecule has 0 aliphatic heterocycles. The fraction of sp³-hybridized carbons (Fsp3) is 0.118. The third kappa shape index (κ3) is 4.78. The van der Waals surface area contributed by atoms with E-state index in [2.05, 4.69) is 5.32 Å². The van der Waals surface area contributed by atoms with Gasteiger partial charge >= 0.3 is 0 Å². The van der Waals surface area contributed by atoms with Crippen molar-refractivity contribution in [2.24, 2.45) is 0 Å². The summed E-state index contributed by atoms with van der Waals surface area (Å²) in [4.78, 5) is 11.7. The highest BCUT2D eigenvalue weighted by Gasteiger charge is 2.08. The Balaban J connectivity index is 1.83. The van der Waals surface area contributed by atoms with Crippen LogP contribution >= 0.6 is 0 Å². The molecule has 0 spiro atoms. The van der Waals surface area contributed by atoms with Gasteiger partial charge in [0.05, 0.1) is 6.10 Å². The van der Waals surface area contributed by atoms with Crippen LogP contribution in [-0.2, 0) is 4.79 Å². The molecule has 0 bridgehead atoms. The summed E-state index contributed by atoms with van der Waals surface area (Å²) in [6.45, 7) is 0.114. The van der Waals surface area contributed by atoms with Gasteiger partial charge in [-0.05, 0) is 29.3 Å². The molecule has 0 saturated heterocycles. The zero-order valence-electron chi connectivity index (χ0n) is 11.4. The first-order chi connectivity index (χ1) is 10.1. The van der Waals surface area contributed by atoms with E-state index in [0.29, 0.717) is 5.56 Å². The summed E-state index contributed by atoms with van der Waals surface area (Å²) < 4.78 is 0. The standard InChI is InChI=1S/C17H17NO3/c19-15-9-7-14(8-10-15)16(20)12-18-17(21)11-6-13-4-2-1-3-5-13/h1-11,16,19-20H,12H2,(H,18,21)/b11-6-. The Hall–Kier alpha value is -2.59. The van der Waals surface area contributed by atoms with E-state index in [1.807, 2.05) is 30.3 Å². The van der Waals surface area contributed by atoms with Crippen molar-refractivity contribution in [3.05, 3.63) is 71.8 Å². The second kappa shape index (κ2) is 7.26. The molecule has 21 heavy (non-hydrogen) atoms. The van der Waals surface area contributed by atoms with E-state index in [1.165, 1.54) is 18.2 Å². The normalized spacial score (nSPS) is 12.2. The second-order valence-corrected chi connectivity index (χ2v) is 4.60. The van der Waals surface area contributed by atoms with Gasteiger partial charge in [0.1, 0.15) is 5.75 Å². The van der Waals surface area contributed by atoms with Crippen LogP contribution in [0.25, 0.3) is 6.08 Å². The number of aliphatic hydroxyl groups is 1. The number of benzene rings is 2. The summed E-state index contributed by atoms with van der Waals surface area (Å²) in [6, 6.07) is 15.7. The molecule has 1 atom stereocenters. The molecule has 1 amide bonds. The van der Waals surface area contributed by atoms with Gasteiger partial charge in [-0.15, -0.1) is 0 Å². The van der Waals surface area contributed by atoms with Crippen molar-refractivity contribution < 1.29 is 15.0 Å². The molecule has 0 fully saturated rings. The minimum atomic E-state index is -0.806. The number of amides is 1. The zero-order valence-corrected chi connectivity index (χ0v) is 11.4. The van der Waals surface area contributed by atoms with E-state index in [4.69, 9.17) is 0 Å². The van der Waals surface area contributed by atoms with Gasteiger partial charge in [0.15, 0.2) is 0 Å². The summed E-state index contributed by atoms with van der Waals surface area (Å²) >= 11 is 0. The minimum Gasteiger partial charge on any atom is -0.508 e. The Kier molecular flexibility index (Phi) is 5.12. The number of carbonyl (C=O) groups excluding carboxylic acids is 1. The largest absolute Gasteiger partial charge is 0.508 e. The highest BCUT2D eigenvalue weighted by Crippen LogP contribution is 2.15. The Morgan fingerprint density at radius 2 is 1.76 bits per heavy atom. The lowest BCUT2D eigenvalue weighted by Gasteiger charge is -2.11. The maximum Gasteiger partial charge on any atom is 0.244 e. The summed E-state index contributed by atoms with van der Waals surface area (Å²) in [5, 5.41) is 21.7. The van der Waals surface area contributed by atoms with Crippen molar-refractivity contribution in [1.82, 2.24) is 5.32 Å². The lowest BCUT2D eigenvalue weighted by Crippen LogP contribution is -2.26. The molecule has 0 saturated carbocycles. The molecule has 4 heteroatoms. The van der Waals surface area contributed by atoms with Gasteiger partial charge < -0.3 is 15.5 Å². The smallest absolute Gasteiger partial charge is 0.244 e. The number of hydrogen-bond donors (Lipinski definition) is 3. The first-order valence-electron chi connectivity index (χ1n) is 6.63. The van der Waals surface area contributed by atoms with Crippen LogP contribution in [-0.4, -0.2) is 22.7 Å². The SMILES string of the molecule is O=C(/C=C\c1ccccc1)NCC(O)c1ccc(O)cc1. The predicted molar refractivity (Wildman–Crippen MR) is 81.6 cm³/mol. The lowest BCUT2D eigenvalue weighted by atomic mass is 10.1. The summed E-state index contributed by atoms with van der Waals surface area (Å²) in [6.07, 6.45) is 2.33. The molecule has 108 valence electrons. The predicted octanol–water partition coefficient (Wildman–Crippen LogP) is 2.26. The number of phenolic OH excluding ortho intramolecular Hbond substituents is 1. The van der Waals surface area contributed by atoms with E-state index in [1.54, 1.807) is 18.2 Å². The molecule has 4 nitrogen and oxygen atoms in total. The molecular formula is C17H17NO3. The fourth-order valence-electron chi connectivity index (χ4n) is 1.81. The Bertz CT molecular complexity index is 606. The third-order valence-corrected chi connectivity index (χ3v) is 2.97. The van der Waals surface area contributed by atoms with Gasteiger partial charge in [0, 0.05) is 12.6 Å². The van der Waals surface area contributed by atoms with Crippen LogP contribution in [0.3, 0.4) is 0 Å². The Labute approximate surface area is 123 Å². The number of carbonyl (C=O) groups is 1. The first kappa shape index (κ1) is 14.8. The lowest BCUT2D eigenvalue weighted by molar-refractivity contribution is -0.116. The van der Waals surface area contributed by atoms with Crippen molar-refractivity contribution in [2.45, 2.75) is 6.10 Å². The number of rotatable bonds is 5. The number of aliphatic hydroxyl groups excluding tert-OH is 1. The molecule has 0 aromatic heterocycles. The number of phenols is 1. The maximum atomic E-state index is 11.7. The highest BCUT2D eigenvalue weighted by molar-refractivity contribution is 5.91. The topological polar surface area (TPSA) is 69.6 Å². The summed E-state index contributed by atoms with van der Waals surface area (Å²) in [7, 11) is 0. The number of nitrogens with one attached hydrogen (secondary N) is 1. The summed E-state index contributed by atoms with van der Waals surface area (Å²) in [5.41, 5.74) is 1.58. The highest BCUT2D eigenvalue weighted by atomic mass is 16.3. The van der Waals surface area contributed by atoms with Crippen LogP contribution < -0.4 is 5.32 Å². The van der Waals surface area contributed by atoms with Crippen LogP contribution in [0.15, 0.2) is 60.7 Å². The molecule has 2 rings (SSSR count). The maximum absolute atomic E-state index is 11.7. The van der Waals surface area contributed by atoms with Crippen molar-refractivity contribution in [2.75, 3.05) is 6.54 Å². The minimum absolute atomic E-state index is 0.114. The van der Waals surface area contributed by atoms with Gasteiger partial charge in [0.25, 0.3) is 0 Å². The molecule has 0 radical (unpaired) electrons. The van der Waals surface area contributed by atoms with Gasteiger partial charge in [-0.25, -0.2) is 0 Å². The van der Waals surface area contributed by atoms with Gasteiger partial charge in [-0.3, -0.25) is 4.79 Å². The van der Waals surface area contributed by atoms with E-state index < -0.39 is 6.10 Å². The summed E-state index contributed by atoms with van der Waals surface area (Å²) in [5.74, 6) is -0.127. The van der Waals surface area contributed by atoms with Crippen molar-refractivity contribution in [3.8, 4) is 5.75 Å². The zero-order chi connectivity index (χ0) is 15.1.